The highest BCUT2D eigenvalue weighted by molar-refractivity contribution is 6.00. The first kappa shape index (κ1) is 20.6. The van der Waals surface area contributed by atoms with Gasteiger partial charge in [-0.15, -0.1) is 0 Å². The maximum atomic E-state index is 12.8. The summed E-state index contributed by atoms with van der Waals surface area (Å²) < 4.78 is 7.60. The van der Waals surface area contributed by atoms with E-state index >= 15 is 0 Å². The smallest absolute Gasteiger partial charge is 0.255 e. The summed E-state index contributed by atoms with van der Waals surface area (Å²) >= 11 is 0. The molecule has 3 aromatic heterocycles. The number of benzene rings is 1. The molecule has 4 rings (SSSR count). The van der Waals surface area contributed by atoms with Gasteiger partial charge in [0.2, 0.25) is 0 Å². The molecule has 0 radical (unpaired) electrons. The average Bonchev–Trinajstić information content (AvgIpc) is 3.20. The molecule has 1 N–H and O–H groups in total. The van der Waals surface area contributed by atoms with Gasteiger partial charge in [-0.1, -0.05) is 12.1 Å². The number of nitrogens with zero attached hydrogens (tertiary/aromatic N) is 3. The van der Waals surface area contributed by atoms with E-state index in [0.717, 1.165) is 34.7 Å². The lowest BCUT2D eigenvalue weighted by Crippen LogP contribution is -2.25. The lowest BCUT2D eigenvalue weighted by atomic mass is 10.1. The third-order valence-corrected chi connectivity index (χ3v) is 5.01. The number of amides is 1. The summed E-state index contributed by atoms with van der Waals surface area (Å²) in [6.45, 7) is 6.56. The van der Waals surface area contributed by atoms with Crippen molar-refractivity contribution < 1.29 is 9.53 Å². The fourth-order valence-corrected chi connectivity index (χ4v) is 3.50. The number of aryl methyl sites for hydroxylation is 1. The average molecular weight is 415 g/mol. The minimum absolute atomic E-state index is 0.127. The summed E-state index contributed by atoms with van der Waals surface area (Å²) in [4.78, 5) is 21.8. The Morgan fingerprint density at radius 3 is 2.68 bits per heavy atom. The summed E-state index contributed by atoms with van der Waals surface area (Å²) in [5, 5.41) is 3.02. The number of nitrogens with one attached hydrogen (secondary N) is 1. The zero-order valence-corrected chi connectivity index (χ0v) is 18.0. The standard InChI is InChI=1S/C25H26N4O2/c1-17(2)31-21-8-6-19(7-9-21)10-13-27-25(30)22-11-14-29-18(3)15-23(28-24(22)29)20-5-4-12-26-16-20/h4-9,11-12,14-17H,10,13H2,1-3H3,(H,27,30). The number of pyridine rings is 1. The third-order valence-electron chi connectivity index (χ3n) is 5.01. The maximum Gasteiger partial charge on any atom is 0.255 e. The van der Waals surface area contributed by atoms with E-state index < -0.39 is 0 Å². The highest BCUT2D eigenvalue weighted by atomic mass is 16.5. The number of hydrogen-bond donors (Lipinski definition) is 1. The Kier molecular flexibility index (Phi) is 5.98. The molecule has 0 saturated carbocycles. The van der Waals surface area contributed by atoms with Crippen LogP contribution in [0.4, 0.5) is 0 Å². The van der Waals surface area contributed by atoms with Gasteiger partial charge in [0.25, 0.3) is 5.91 Å². The molecule has 6 nitrogen and oxygen atoms in total. The molecule has 1 aromatic carbocycles. The van der Waals surface area contributed by atoms with Gasteiger partial charge < -0.3 is 14.5 Å². The van der Waals surface area contributed by atoms with Gasteiger partial charge in [0.05, 0.1) is 17.4 Å². The van der Waals surface area contributed by atoms with Gasteiger partial charge in [-0.3, -0.25) is 9.78 Å². The van der Waals surface area contributed by atoms with E-state index in [4.69, 9.17) is 9.72 Å². The summed E-state index contributed by atoms with van der Waals surface area (Å²) in [7, 11) is 0. The second-order valence-electron chi connectivity index (χ2n) is 7.76. The second-order valence-corrected chi connectivity index (χ2v) is 7.76. The van der Waals surface area contributed by atoms with Crippen LogP contribution in [-0.4, -0.2) is 32.9 Å². The predicted octanol–water partition coefficient (Wildman–Crippen LogP) is 4.46. The minimum Gasteiger partial charge on any atom is -0.491 e. The first-order valence-electron chi connectivity index (χ1n) is 10.4. The summed E-state index contributed by atoms with van der Waals surface area (Å²) in [5.74, 6) is 0.728. The number of rotatable bonds is 7. The van der Waals surface area contributed by atoms with Crippen LogP contribution < -0.4 is 10.1 Å². The van der Waals surface area contributed by atoms with E-state index in [9.17, 15) is 4.79 Å². The first-order chi connectivity index (χ1) is 15.0. The van der Waals surface area contributed by atoms with Crippen molar-refractivity contribution in [2.45, 2.75) is 33.3 Å². The van der Waals surface area contributed by atoms with Gasteiger partial charge in [0, 0.05) is 36.4 Å². The van der Waals surface area contributed by atoms with Crippen molar-refractivity contribution in [2.75, 3.05) is 6.54 Å². The molecule has 0 unspecified atom stereocenters. The van der Waals surface area contributed by atoms with E-state index in [-0.39, 0.29) is 12.0 Å². The van der Waals surface area contributed by atoms with Gasteiger partial charge >= 0.3 is 0 Å². The second kappa shape index (κ2) is 9.00. The van der Waals surface area contributed by atoms with Gasteiger partial charge in [-0.25, -0.2) is 4.98 Å². The third kappa shape index (κ3) is 4.74. The number of aromatic nitrogens is 3. The molecule has 1 amide bonds. The van der Waals surface area contributed by atoms with E-state index in [1.165, 1.54) is 0 Å². The molecule has 0 bridgehead atoms. The first-order valence-corrected chi connectivity index (χ1v) is 10.4. The van der Waals surface area contributed by atoms with Crippen LogP contribution in [0.3, 0.4) is 0 Å². The lowest BCUT2D eigenvalue weighted by Gasteiger charge is -2.10. The largest absolute Gasteiger partial charge is 0.491 e. The number of carbonyl (C=O) groups excluding carboxylic acids is 1. The molecule has 0 spiro atoms. The Morgan fingerprint density at radius 2 is 1.97 bits per heavy atom. The quantitative estimate of drug-likeness (QED) is 0.485. The fourth-order valence-electron chi connectivity index (χ4n) is 3.50. The van der Waals surface area contributed by atoms with Gasteiger partial charge in [-0.05, 0) is 69.2 Å². The monoisotopic (exact) mass is 414 g/mol. The normalized spacial score (nSPS) is 11.1. The highest BCUT2D eigenvalue weighted by Crippen LogP contribution is 2.21. The Morgan fingerprint density at radius 1 is 1.16 bits per heavy atom. The van der Waals surface area contributed by atoms with Crippen LogP contribution >= 0.6 is 0 Å². The summed E-state index contributed by atoms with van der Waals surface area (Å²) in [6, 6.07) is 15.6. The zero-order chi connectivity index (χ0) is 21.8. The van der Waals surface area contributed by atoms with Crippen molar-refractivity contribution in [3.63, 3.8) is 0 Å². The number of carbonyl (C=O) groups is 1. The van der Waals surface area contributed by atoms with Crippen LogP contribution in [0.2, 0.25) is 0 Å². The minimum atomic E-state index is -0.127. The topological polar surface area (TPSA) is 68.5 Å². The Hall–Kier alpha value is -3.67. The maximum absolute atomic E-state index is 12.8. The van der Waals surface area contributed by atoms with Crippen LogP contribution in [0.5, 0.6) is 5.75 Å². The Balaban J connectivity index is 1.46. The number of hydrogen-bond acceptors (Lipinski definition) is 4. The van der Waals surface area contributed by atoms with Crippen molar-refractivity contribution in [3.8, 4) is 17.0 Å². The lowest BCUT2D eigenvalue weighted by molar-refractivity contribution is 0.0955. The molecule has 158 valence electrons. The summed E-state index contributed by atoms with van der Waals surface area (Å²) in [6.07, 6.45) is 6.28. The SMILES string of the molecule is Cc1cc(-c2cccnc2)nc2c(C(=O)NCCc3ccc(OC(C)C)cc3)ccn12. The van der Waals surface area contributed by atoms with E-state index in [1.807, 2.05) is 79.9 Å². The van der Waals surface area contributed by atoms with Crippen molar-refractivity contribution in [1.29, 1.82) is 0 Å². The summed E-state index contributed by atoms with van der Waals surface area (Å²) in [5.41, 5.74) is 5.08. The van der Waals surface area contributed by atoms with Crippen molar-refractivity contribution >= 4 is 11.6 Å². The Bertz CT molecular complexity index is 1180. The van der Waals surface area contributed by atoms with Crippen LogP contribution in [0, 0.1) is 6.92 Å². The van der Waals surface area contributed by atoms with Gasteiger partial charge in [-0.2, -0.15) is 0 Å². The molecule has 0 aliphatic carbocycles. The van der Waals surface area contributed by atoms with E-state index in [2.05, 4.69) is 10.3 Å². The molecule has 31 heavy (non-hydrogen) atoms. The molecule has 0 fully saturated rings. The molecule has 6 heteroatoms. The molecule has 3 heterocycles. The zero-order valence-electron chi connectivity index (χ0n) is 18.0. The predicted molar refractivity (Wildman–Crippen MR) is 121 cm³/mol. The Labute approximate surface area is 181 Å². The van der Waals surface area contributed by atoms with Crippen molar-refractivity contribution in [2.24, 2.45) is 0 Å². The molecular weight excluding hydrogens is 388 g/mol. The molecule has 0 atom stereocenters. The van der Waals surface area contributed by atoms with E-state index in [1.54, 1.807) is 12.4 Å². The number of ether oxygens (including phenoxy) is 1. The molecule has 4 aromatic rings. The van der Waals surface area contributed by atoms with Crippen molar-refractivity contribution in [3.05, 3.63) is 83.9 Å². The molecule has 0 saturated heterocycles. The molecule has 0 aliphatic heterocycles. The fraction of sp³-hybridized carbons (Fsp3) is 0.240. The molecular formula is C25H26N4O2. The van der Waals surface area contributed by atoms with E-state index in [0.29, 0.717) is 17.8 Å². The van der Waals surface area contributed by atoms with Crippen molar-refractivity contribution in [1.82, 2.24) is 19.7 Å². The van der Waals surface area contributed by atoms with Gasteiger partial charge in [0.15, 0.2) is 0 Å². The van der Waals surface area contributed by atoms with Crippen LogP contribution in [0.25, 0.3) is 16.9 Å². The highest BCUT2D eigenvalue weighted by Gasteiger charge is 2.15. The van der Waals surface area contributed by atoms with Crippen LogP contribution in [-0.2, 0) is 6.42 Å². The number of fused-ring (bicyclic) bond motifs is 1. The van der Waals surface area contributed by atoms with Crippen LogP contribution in [0.1, 0.15) is 35.5 Å². The van der Waals surface area contributed by atoms with Crippen LogP contribution in [0.15, 0.2) is 67.1 Å². The van der Waals surface area contributed by atoms with Gasteiger partial charge in [0.1, 0.15) is 11.4 Å². The molecule has 0 aliphatic rings.